The van der Waals surface area contributed by atoms with E-state index in [1.54, 1.807) is 13.2 Å². The molecule has 0 fully saturated rings. The lowest BCUT2D eigenvalue weighted by Crippen LogP contribution is -1.97. The van der Waals surface area contributed by atoms with Gasteiger partial charge in [0.05, 0.1) is 12.7 Å². The van der Waals surface area contributed by atoms with Gasteiger partial charge in [0.25, 0.3) is 0 Å². The summed E-state index contributed by atoms with van der Waals surface area (Å²) < 4.78 is 10.6. The number of aromatic hydroxyl groups is 1. The van der Waals surface area contributed by atoms with Crippen LogP contribution in [0.3, 0.4) is 0 Å². The number of hydrogen-bond donors (Lipinski definition) is 1. The third kappa shape index (κ3) is 3.17. The summed E-state index contributed by atoms with van der Waals surface area (Å²) in [6, 6.07) is 13.9. The second-order valence-corrected chi connectivity index (χ2v) is 3.93. The largest absolute Gasteiger partial charge is 0.508 e. The van der Waals surface area contributed by atoms with Crippen molar-refractivity contribution in [3.05, 3.63) is 53.6 Å². The summed E-state index contributed by atoms with van der Waals surface area (Å²) in [5.74, 6) is 1.29. The average molecular weight is 255 g/mol. The Hall–Kier alpha value is -2.67. The minimum absolute atomic E-state index is 0.0494. The second kappa shape index (κ2) is 5.78. The maximum atomic E-state index is 9.29. The Balaban J connectivity index is 2.08. The van der Waals surface area contributed by atoms with Crippen LogP contribution in [0.5, 0.6) is 17.2 Å². The van der Waals surface area contributed by atoms with Gasteiger partial charge in [-0.15, -0.1) is 0 Å². The molecule has 4 heteroatoms. The predicted octanol–water partition coefficient (Wildman–Crippen LogP) is 2.85. The van der Waals surface area contributed by atoms with Gasteiger partial charge in [-0.25, -0.2) is 0 Å². The number of benzene rings is 2. The number of phenols is 1. The number of ether oxygens (including phenoxy) is 2. The highest BCUT2D eigenvalue weighted by Gasteiger charge is 2.05. The Morgan fingerprint density at radius 2 is 1.89 bits per heavy atom. The van der Waals surface area contributed by atoms with Crippen molar-refractivity contribution in [1.82, 2.24) is 0 Å². The van der Waals surface area contributed by atoms with Crippen molar-refractivity contribution in [3.8, 4) is 23.3 Å². The number of nitrogens with zero attached hydrogens (tertiary/aromatic N) is 1. The number of phenolic OH excluding ortho intramolecular Hbond substituents is 1. The monoisotopic (exact) mass is 255 g/mol. The summed E-state index contributed by atoms with van der Waals surface area (Å²) >= 11 is 0. The summed E-state index contributed by atoms with van der Waals surface area (Å²) in [7, 11) is 1.61. The molecule has 19 heavy (non-hydrogen) atoms. The first-order valence-corrected chi connectivity index (χ1v) is 5.72. The molecule has 0 amide bonds. The lowest BCUT2D eigenvalue weighted by molar-refractivity contribution is 0.304. The third-order valence-corrected chi connectivity index (χ3v) is 2.64. The van der Waals surface area contributed by atoms with E-state index in [-0.39, 0.29) is 5.75 Å². The fraction of sp³-hybridized carbons (Fsp3) is 0.133. The summed E-state index contributed by atoms with van der Waals surface area (Å²) in [6.07, 6.45) is 0. The van der Waals surface area contributed by atoms with Crippen molar-refractivity contribution in [3.63, 3.8) is 0 Å². The van der Waals surface area contributed by atoms with E-state index < -0.39 is 0 Å². The summed E-state index contributed by atoms with van der Waals surface area (Å²) in [5.41, 5.74) is 1.28. The van der Waals surface area contributed by atoms with E-state index in [4.69, 9.17) is 14.7 Å². The Morgan fingerprint density at radius 3 is 2.53 bits per heavy atom. The quantitative estimate of drug-likeness (QED) is 0.912. The van der Waals surface area contributed by atoms with Crippen molar-refractivity contribution in [2.75, 3.05) is 7.11 Å². The van der Waals surface area contributed by atoms with Gasteiger partial charge in [-0.2, -0.15) is 5.26 Å². The van der Waals surface area contributed by atoms with Crippen LogP contribution in [0.2, 0.25) is 0 Å². The molecule has 0 saturated heterocycles. The van der Waals surface area contributed by atoms with Gasteiger partial charge < -0.3 is 14.6 Å². The lowest BCUT2D eigenvalue weighted by Gasteiger charge is -2.08. The molecule has 0 aromatic heterocycles. The first-order valence-electron chi connectivity index (χ1n) is 5.72. The van der Waals surface area contributed by atoms with Crippen molar-refractivity contribution in [2.24, 2.45) is 0 Å². The third-order valence-electron chi connectivity index (χ3n) is 2.64. The average Bonchev–Trinajstić information content (AvgIpc) is 2.46. The van der Waals surface area contributed by atoms with Gasteiger partial charge in [-0.1, -0.05) is 12.1 Å². The van der Waals surface area contributed by atoms with E-state index >= 15 is 0 Å². The van der Waals surface area contributed by atoms with Gasteiger partial charge in [0, 0.05) is 6.07 Å². The number of nitriles is 1. The molecule has 4 nitrogen and oxygen atoms in total. The van der Waals surface area contributed by atoms with E-state index in [0.717, 1.165) is 11.3 Å². The van der Waals surface area contributed by atoms with Gasteiger partial charge in [-0.05, 0) is 29.8 Å². The van der Waals surface area contributed by atoms with Gasteiger partial charge in [0.1, 0.15) is 29.9 Å². The summed E-state index contributed by atoms with van der Waals surface area (Å²) in [5, 5.41) is 18.2. The van der Waals surface area contributed by atoms with Crippen molar-refractivity contribution >= 4 is 0 Å². The van der Waals surface area contributed by atoms with Crippen molar-refractivity contribution in [1.29, 1.82) is 5.26 Å². The van der Waals surface area contributed by atoms with Crippen LogP contribution in [0.4, 0.5) is 0 Å². The Morgan fingerprint density at radius 1 is 1.16 bits per heavy atom. The van der Waals surface area contributed by atoms with Gasteiger partial charge in [-0.3, -0.25) is 0 Å². The fourth-order valence-electron chi connectivity index (χ4n) is 1.61. The predicted molar refractivity (Wildman–Crippen MR) is 70.1 cm³/mol. The molecule has 0 unspecified atom stereocenters. The highest BCUT2D eigenvalue weighted by molar-refractivity contribution is 5.47. The fourth-order valence-corrected chi connectivity index (χ4v) is 1.61. The number of hydrogen-bond acceptors (Lipinski definition) is 4. The van der Waals surface area contributed by atoms with Crippen molar-refractivity contribution < 1.29 is 14.6 Å². The smallest absolute Gasteiger partial charge is 0.137 e. The van der Waals surface area contributed by atoms with Crippen LogP contribution in [-0.2, 0) is 6.61 Å². The second-order valence-electron chi connectivity index (χ2n) is 3.93. The molecule has 2 aromatic rings. The zero-order valence-corrected chi connectivity index (χ0v) is 10.5. The number of rotatable bonds is 4. The summed E-state index contributed by atoms with van der Waals surface area (Å²) in [6.45, 7) is 0.351. The Labute approximate surface area is 111 Å². The molecule has 0 aliphatic carbocycles. The van der Waals surface area contributed by atoms with E-state index in [2.05, 4.69) is 0 Å². The standard InChI is InChI=1S/C15H13NO3/c1-18-14-5-2-11(3-6-14)10-19-15-7-4-13(17)8-12(15)9-16/h2-8,17H,10H2,1H3. The molecular formula is C15H13NO3. The Kier molecular flexibility index (Phi) is 3.89. The first-order chi connectivity index (χ1) is 9.22. The maximum absolute atomic E-state index is 9.29. The zero-order chi connectivity index (χ0) is 13.7. The molecule has 96 valence electrons. The first kappa shape index (κ1) is 12.8. The topological polar surface area (TPSA) is 62.5 Å². The molecule has 0 aliphatic rings. The normalized spacial score (nSPS) is 9.68. The minimum Gasteiger partial charge on any atom is -0.508 e. The molecule has 0 bridgehead atoms. The van der Waals surface area contributed by atoms with Crippen LogP contribution in [0.1, 0.15) is 11.1 Å². The summed E-state index contributed by atoms with van der Waals surface area (Å²) in [4.78, 5) is 0. The van der Waals surface area contributed by atoms with E-state index in [0.29, 0.717) is 17.9 Å². The van der Waals surface area contributed by atoms with Crippen LogP contribution in [-0.4, -0.2) is 12.2 Å². The van der Waals surface area contributed by atoms with Gasteiger partial charge >= 0.3 is 0 Å². The van der Waals surface area contributed by atoms with Gasteiger partial charge in [0.2, 0.25) is 0 Å². The van der Waals surface area contributed by atoms with Crippen LogP contribution >= 0.6 is 0 Å². The highest BCUT2D eigenvalue weighted by Crippen LogP contribution is 2.23. The van der Waals surface area contributed by atoms with Crippen molar-refractivity contribution in [2.45, 2.75) is 6.61 Å². The number of methoxy groups -OCH3 is 1. The lowest BCUT2D eigenvalue weighted by atomic mass is 10.2. The van der Waals surface area contributed by atoms with Gasteiger partial charge in [0.15, 0.2) is 0 Å². The minimum atomic E-state index is 0.0494. The Bertz CT molecular complexity index is 600. The molecular weight excluding hydrogens is 242 g/mol. The molecule has 0 aliphatic heterocycles. The van der Waals surface area contributed by atoms with Crippen LogP contribution in [0, 0.1) is 11.3 Å². The molecule has 0 radical (unpaired) electrons. The maximum Gasteiger partial charge on any atom is 0.137 e. The molecule has 1 N–H and O–H groups in total. The molecule has 0 atom stereocenters. The molecule has 2 aromatic carbocycles. The molecule has 0 spiro atoms. The van der Waals surface area contributed by atoms with E-state index in [1.807, 2.05) is 30.3 Å². The molecule has 0 heterocycles. The van der Waals surface area contributed by atoms with Crippen LogP contribution < -0.4 is 9.47 Å². The highest BCUT2D eigenvalue weighted by atomic mass is 16.5. The van der Waals surface area contributed by atoms with Crippen LogP contribution in [0.25, 0.3) is 0 Å². The SMILES string of the molecule is COc1ccc(COc2ccc(O)cc2C#N)cc1. The van der Waals surface area contributed by atoms with Crippen LogP contribution in [0.15, 0.2) is 42.5 Å². The molecule has 0 saturated carbocycles. The van der Waals surface area contributed by atoms with E-state index in [1.165, 1.54) is 12.1 Å². The van der Waals surface area contributed by atoms with E-state index in [9.17, 15) is 5.11 Å². The molecule has 2 rings (SSSR count). The zero-order valence-electron chi connectivity index (χ0n) is 10.5.